The molecule has 2 rings (SSSR count). The van der Waals surface area contributed by atoms with Gasteiger partial charge in [0.2, 0.25) is 5.75 Å². The number of carboxylic acids is 1. The topological polar surface area (TPSA) is 91.3 Å². The molecule has 132 valence electrons. The Labute approximate surface area is 152 Å². The number of halogens is 1. The van der Waals surface area contributed by atoms with Crippen LogP contribution in [0.15, 0.2) is 34.8 Å². The van der Waals surface area contributed by atoms with Crippen molar-refractivity contribution in [2.24, 2.45) is 0 Å². The van der Waals surface area contributed by atoms with Crippen molar-refractivity contribution in [1.82, 2.24) is 0 Å². The molecule has 2 aromatic carbocycles. The second-order valence-corrected chi connectivity index (χ2v) is 5.61. The van der Waals surface area contributed by atoms with Crippen molar-refractivity contribution < 1.29 is 33.6 Å². The fraction of sp³-hybridized carbons (Fsp3) is 0.176. The molecule has 0 aromatic heterocycles. The Morgan fingerprint density at radius 2 is 1.48 bits per heavy atom. The van der Waals surface area contributed by atoms with E-state index in [-0.39, 0.29) is 16.9 Å². The van der Waals surface area contributed by atoms with E-state index in [0.717, 1.165) is 0 Å². The van der Waals surface area contributed by atoms with Crippen LogP contribution < -0.4 is 18.9 Å². The number of carboxylic acid groups (broad SMARTS) is 1. The highest BCUT2D eigenvalue weighted by atomic mass is 79.9. The summed E-state index contributed by atoms with van der Waals surface area (Å²) >= 11 is 3.19. The van der Waals surface area contributed by atoms with Crippen LogP contribution in [-0.4, -0.2) is 38.4 Å². The smallest absolute Gasteiger partial charge is 0.343 e. The van der Waals surface area contributed by atoms with Crippen LogP contribution in [0, 0.1) is 0 Å². The normalized spacial score (nSPS) is 10.1. The molecule has 7 nitrogen and oxygen atoms in total. The summed E-state index contributed by atoms with van der Waals surface area (Å²) in [5.74, 6) is -0.577. The molecule has 8 heteroatoms. The van der Waals surface area contributed by atoms with Gasteiger partial charge < -0.3 is 24.1 Å². The number of hydrogen-bond donors (Lipinski definition) is 1. The number of carbonyl (C=O) groups is 2. The summed E-state index contributed by atoms with van der Waals surface area (Å²) in [6.07, 6.45) is 0. The minimum Gasteiger partial charge on any atom is -0.493 e. The Kier molecular flexibility index (Phi) is 5.87. The average molecular weight is 411 g/mol. The van der Waals surface area contributed by atoms with Crippen molar-refractivity contribution in [2.75, 3.05) is 21.3 Å². The van der Waals surface area contributed by atoms with Gasteiger partial charge in [0.15, 0.2) is 11.5 Å². The first-order valence-electron chi connectivity index (χ1n) is 6.96. The molecule has 1 N–H and O–H groups in total. The largest absolute Gasteiger partial charge is 0.493 e. The number of aromatic carboxylic acids is 1. The molecule has 2 aromatic rings. The van der Waals surface area contributed by atoms with Gasteiger partial charge >= 0.3 is 11.9 Å². The Hall–Kier alpha value is -2.74. The summed E-state index contributed by atoms with van der Waals surface area (Å²) in [7, 11) is 4.33. The quantitative estimate of drug-likeness (QED) is 0.576. The highest BCUT2D eigenvalue weighted by Crippen LogP contribution is 2.38. The van der Waals surface area contributed by atoms with Crippen LogP contribution in [0.1, 0.15) is 20.7 Å². The third kappa shape index (κ3) is 4.03. The zero-order valence-corrected chi connectivity index (χ0v) is 15.2. The van der Waals surface area contributed by atoms with E-state index in [1.807, 2.05) is 0 Å². The van der Waals surface area contributed by atoms with Gasteiger partial charge in [0.25, 0.3) is 0 Å². The first kappa shape index (κ1) is 18.6. The second-order valence-electron chi connectivity index (χ2n) is 4.75. The third-order valence-corrected chi connectivity index (χ3v) is 3.90. The first-order chi connectivity index (χ1) is 11.9. The van der Waals surface area contributed by atoms with Crippen LogP contribution in [0.2, 0.25) is 0 Å². The molecule has 0 atom stereocenters. The van der Waals surface area contributed by atoms with Crippen LogP contribution in [0.4, 0.5) is 0 Å². The zero-order valence-electron chi connectivity index (χ0n) is 13.7. The van der Waals surface area contributed by atoms with Gasteiger partial charge in [-0.1, -0.05) is 0 Å². The second kappa shape index (κ2) is 7.89. The maximum Gasteiger partial charge on any atom is 0.343 e. The summed E-state index contributed by atoms with van der Waals surface area (Å²) in [5.41, 5.74) is 0.253. The van der Waals surface area contributed by atoms with E-state index in [2.05, 4.69) is 15.9 Å². The fourth-order valence-corrected chi connectivity index (χ4v) is 2.53. The number of carbonyl (C=O) groups excluding carboxylic acids is 1. The molecule has 0 heterocycles. The van der Waals surface area contributed by atoms with Crippen molar-refractivity contribution in [1.29, 1.82) is 0 Å². The molecule has 0 aliphatic rings. The predicted octanol–water partition coefficient (Wildman–Crippen LogP) is 3.39. The lowest BCUT2D eigenvalue weighted by molar-refractivity contribution is 0.0696. The van der Waals surface area contributed by atoms with Gasteiger partial charge in [0.05, 0.1) is 36.9 Å². The molecule has 0 fully saturated rings. The van der Waals surface area contributed by atoms with Crippen LogP contribution in [0.25, 0.3) is 0 Å². The summed E-state index contributed by atoms with van der Waals surface area (Å²) in [5, 5.41) is 8.96. The van der Waals surface area contributed by atoms with Gasteiger partial charge in [0, 0.05) is 0 Å². The summed E-state index contributed by atoms with van der Waals surface area (Å²) in [6.45, 7) is 0. The molecular weight excluding hydrogens is 396 g/mol. The first-order valence-corrected chi connectivity index (χ1v) is 7.75. The predicted molar refractivity (Wildman–Crippen MR) is 92.2 cm³/mol. The maximum absolute atomic E-state index is 12.4. The third-order valence-electron chi connectivity index (χ3n) is 3.28. The molecule has 0 unspecified atom stereocenters. The van der Waals surface area contributed by atoms with Crippen molar-refractivity contribution in [3.8, 4) is 23.0 Å². The Morgan fingerprint density at radius 3 is 1.92 bits per heavy atom. The van der Waals surface area contributed by atoms with Gasteiger partial charge in [0.1, 0.15) is 5.75 Å². The molecule has 25 heavy (non-hydrogen) atoms. The van der Waals surface area contributed by atoms with E-state index >= 15 is 0 Å². The summed E-state index contributed by atoms with van der Waals surface area (Å²) < 4.78 is 21.2. The molecule has 0 radical (unpaired) electrons. The van der Waals surface area contributed by atoms with Gasteiger partial charge in [-0.3, -0.25) is 0 Å². The molecule has 0 saturated heterocycles. The number of hydrogen-bond acceptors (Lipinski definition) is 6. The summed E-state index contributed by atoms with van der Waals surface area (Å²) in [6, 6.07) is 7.00. The van der Waals surface area contributed by atoms with E-state index in [1.165, 1.54) is 51.7 Å². The lowest BCUT2D eigenvalue weighted by atomic mass is 10.1. The number of methoxy groups -OCH3 is 3. The lowest BCUT2D eigenvalue weighted by Crippen LogP contribution is -2.10. The Bertz CT molecular complexity index is 792. The van der Waals surface area contributed by atoms with Crippen molar-refractivity contribution in [2.45, 2.75) is 0 Å². The minimum atomic E-state index is -1.08. The van der Waals surface area contributed by atoms with E-state index in [4.69, 9.17) is 24.1 Å². The molecule has 0 aliphatic heterocycles. The van der Waals surface area contributed by atoms with Gasteiger partial charge in [-0.2, -0.15) is 0 Å². The number of esters is 1. The van der Waals surface area contributed by atoms with Crippen molar-refractivity contribution in [3.63, 3.8) is 0 Å². The minimum absolute atomic E-state index is 0.0689. The zero-order chi connectivity index (χ0) is 18.6. The van der Waals surface area contributed by atoms with Gasteiger partial charge in [-0.25, -0.2) is 9.59 Å². The number of rotatable bonds is 6. The average Bonchev–Trinajstić information content (AvgIpc) is 2.61. The van der Waals surface area contributed by atoms with Crippen LogP contribution in [0.5, 0.6) is 23.0 Å². The van der Waals surface area contributed by atoms with Gasteiger partial charge in [-0.15, -0.1) is 0 Å². The van der Waals surface area contributed by atoms with Crippen molar-refractivity contribution in [3.05, 3.63) is 45.9 Å². The lowest BCUT2D eigenvalue weighted by Gasteiger charge is -2.14. The highest BCUT2D eigenvalue weighted by molar-refractivity contribution is 9.10. The maximum atomic E-state index is 12.4. The number of benzene rings is 2. The van der Waals surface area contributed by atoms with Crippen LogP contribution in [0.3, 0.4) is 0 Å². The van der Waals surface area contributed by atoms with E-state index in [0.29, 0.717) is 21.7 Å². The molecular formula is C17H15BrO7. The van der Waals surface area contributed by atoms with Crippen LogP contribution in [-0.2, 0) is 0 Å². The van der Waals surface area contributed by atoms with E-state index in [1.54, 1.807) is 0 Å². The monoisotopic (exact) mass is 410 g/mol. The Balaban J connectivity index is 2.34. The van der Waals surface area contributed by atoms with Crippen molar-refractivity contribution >= 4 is 27.9 Å². The van der Waals surface area contributed by atoms with E-state index in [9.17, 15) is 9.59 Å². The fourth-order valence-electron chi connectivity index (χ4n) is 2.07. The highest BCUT2D eigenvalue weighted by Gasteiger charge is 2.19. The molecule has 0 spiro atoms. The van der Waals surface area contributed by atoms with Gasteiger partial charge in [-0.05, 0) is 46.3 Å². The number of ether oxygens (including phenoxy) is 4. The van der Waals surface area contributed by atoms with E-state index < -0.39 is 11.9 Å². The molecule has 0 amide bonds. The molecule has 0 bridgehead atoms. The molecule has 0 saturated carbocycles. The molecule has 0 aliphatic carbocycles. The van der Waals surface area contributed by atoms with Crippen LogP contribution >= 0.6 is 15.9 Å². The SMILES string of the molecule is COc1cc(C(=O)Oc2ccc(C(=O)O)cc2Br)cc(OC)c1OC. The summed E-state index contributed by atoms with van der Waals surface area (Å²) in [4.78, 5) is 23.4. The standard InChI is InChI=1S/C17H15BrO7/c1-22-13-7-10(8-14(23-2)15(13)24-3)17(21)25-12-5-4-9(16(19)20)6-11(12)18/h4-8H,1-3H3,(H,19,20). The Morgan fingerprint density at radius 1 is 0.880 bits per heavy atom.